The number of ketones is 1. The molecule has 0 bridgehead atoms. The van der Waals surface area contributed by atoms with Crippen molar-refractivity contribution in [3.05, 3.63) is 76.6 Å². The number of nitrogen functional groups attached to an aromatic ring is 1. The normalized spacial score (nSPS) is 10.8. The number of anilines is 1. The zero-order valence-corrected chi connectivity index (χ0v) is 11.7. The molecule has 4 heteroatoms. The van der Waals surface area contributed by atoms with Crippen LogP contribution in [0.25, 0.3) is 10.8 Å². The van der Waals surface area contributed by atoms with Crippen molar-refractivity contribution < 1.29 is 9.18 Å². The zero-order chi connectivity index (χ0) is 15.0. The van der Waals surface area contributed by atoms with E-state index in [0.717, 1.165) is 0 Å². The van der Waals surface area contributed by atoms with Crippen molar-refractivity contribution in [3.63, 3.8) is 0 Å². The highest BCUT2D eigenvalue weighted by atomic mass is 35.5. The van der Waals surface area contributed by atoms with Gasteiger partial charge in [0, 0.05) is 16.6 Å². The summed E-state index contributed by atoms with van der Waals surface area (Å²) in [6.07, 6.45) is 0. The Morgan fingerprint density at radius 3 is 2.38 bits per heavy atom. The van der Waals surface area contributed by atoms with Gasteiger partial charge < -0.3 is 5.73 Å². The lowest BCUT2D eigenvalue weighted by Crippen LogP contribution is -2.07. The van der Waals surface area contributed by atoms with Crippen molar-refractivity contribution in [2.45, 2.75) is 0 Å². The zero-order valence-electron chi connectivity index (χ0n) is 10.9. The van der Waals surface area contributed by atoms with Gasteiger partial charge in [-0.05, 0) is 29.7 Å². The summed E-state index contributed by atoms with van der Waals surface area (Å²) < 4.78 is 13.8. The van der Waals surface area contributed by atoms with Gasteiger partial charge in [-0.2, -0.15) is 0 Å². The lowest BCUT2D eigenvalue weighted by Gasteiger charge is -2.10. The molecule has 0 fully saturated rings. The molecule has 2 nitrogen and oxygen atoms in total. The van der Waals surface area contributed by atoms with Crippen LogP contribution in [0.5, 0.6) is 0 Å². The number of benzene rings is 3. The number of carbonyl (C=O) groups excluding carboxylic acids is 1. The quantitative estimate of drug-likeness (QED) is 0.561. The molecule has 0 amide bonds. The molecule has 2 N–H and O–H groups in total. The second-order valence-corrected chi connectivity index (χ2v) is 5.08. The fourth-order valence-electron chi connectivity index (χ4n) is 2.38. The van der Waals surface area contributed by atoms with Gasteiger partial charge >= 0.3 is 0 Å². The van der Waals surface area contributed by atoms with Gasteiger partial charge in [-0.1, -0.05) is 41.9 Å². The Kier molecular flexibility index (Phi) is 3.35. The molecule has 0 unspecified atom stereocenters. The summed E-state index contributed by atoms with van der Waals surface area (Å²) in [4.78, 5) is 12.7. The summed E-state index contributed by atoms with van der Waals surface area (Å²) in [5.74, 6) is -0.677. The average Bonchev–Trinajstić information content (AvgIpc) is 2.47. The number of rotatable bonds is 2. The first kappa shape index (κ1) is 13.6. The van der Waals surface area contributed by atoms with Crippen molar-refractivity contribution in [2.75, 3.05) is 5.73 Å². The van der Waals surface area contributed by atoms with E-state index in [9.17, 15) is 9.18 Å². The molecular weight excluding hydrogens is 289 g/mol. The number of halogens is 2. The molecule has 0 saturated carbocycles. The van der Waals surface area contributed by atoms with Crippen molar-refractivity contribution in [3.8, 4) is 0 Å². The monoisotopic (exact) mass is 299 g/mol. The largest absolute Gasteiger partial charge is 0.398 e. The van der Waals surface area contributed by atoms with Crippen LogP contribution < -0.4 is 5.73 Å². The maximum Gasteiger partial charge on any atom is 0.197 e. The number of nitrogens with two attached hydrogens (primary N) is 1. The number of hydrogen-bond donors (Lipinski definition) is 1. The van der Waals surface area contributed by atoms with Gasteiger partial charge in [-0.3, -0.25) is 4.79 Å². The summed E-state index contributed by atoms with van der Waals surface area (Å²) >= 11 is 6.08. The highest BCUT2D eigenvalue weighted by Gasteiger charge is 2.19. The minimum absolute atomic E-state index is 0.246. The lowest BCUT2D eigenvalue weighted by atomic mass is 9.96. The Morgan fingerprint density at radius 1 is 0.952 bits per heavy atom. The molecular formula is C17H11ClFNO. The van der Waals surface area contributed by atoms with Gasteiger partial charge in [0.2, 0.25) is 0 Å². The summed E-state index contributed by atoms with van der Waals surface area (Å²) in [6, 6.07) is 14.5. The van der Waals surface area contributed by atoms with E-state index in [1.54, 1.807) is 42.5 Å². The molecule has 3 aromatic rings. The molecule has 0 aromatic heterocycles. The summed E-state index contributed by atoms with van der Waals surface area (Å²) in [5, 5.41) is 1.23. The van der Waals surface area contributed by atoms with Crippen LogP contribution >= 0.6 is 11.6 Å². The standard InChI is InChI=1S/C17H11ClFNO/c18-13-6-3-7-15(20)16(13)17(21)12-8-9-14(19)11-5-2-1-4-10(11)12/h1-9H,20H2. The van der Waals surface area contributed by atoms with Gasteiger partial charge in [0.1, 0.15) is 5.82 Å². The average molecular weight is 300 g/mol. The molecule has 0 atom stereocenters. The topological polar surface area (TPSA) is 43.1 Å². The predicted molar refractivity (Wildman–Crippen MR) is 83.2 cm³/mol. The summed E-state index contributed by atoms with van der Waals surface area (Å²) in [5.41, 5.74) is 6.79. The van der Waals surface area contributed by atoms with E-state index in [2.05, 4.69) is 0 Å². The third kappa shape index (κ3) is 2.26. The Hall–Kier alpha value is -2.39. The van der Waals surface area contributed by atoms with E-state index in [0.29, 0.717) is 22.0 Å². The molecule has 0 saturated heterocycles. The second-order valence-electron chi connectivity index (χ2n) is 4.67. The van der Waals surface area contributed by atoms with Gasteiger partial charge in [0.15, 0.2) is 5.78 Å². The van der Waals surface area contributed by atoms with E-state index >= 15 is 0 Å². The number of hydrogen-bond acceptors (Lipinski definition) is 2. The first-order chi connectivity index (χ1) is 10.1. The van der Waals surface area contributed by atoms with Crippen molar-refractivity contribution in [2.24, 2.45) is 0 Å². The molecule has 0 spiro atoms. The summed E-state index contributed by atoms with van der Waals surface area (Å²) in [6.45, 7) is 0. The van der Waals surface area contributed by atoms with Crippen molar-refractivity contribution >= 4 is 33.8 Å². The van der Waals surface area contributed by atoms with Crippen LogP contribution in [0.1, 0.15) is 15.9 Å². The lowest BCUT2D eigenvalue weighted by molar-refractivity contribution is 0.104. The van der Waals surface area contributed by atoms with Crippen LogP contribution in [0.3, 0.4) is 0 Å². The molecule has 0 aliphatic carbocycles. The SMILES string of the molecule is Nc1cccc(Cl)c1C(=O)c1ccc(F)c2ccccc12. The molecule has 21 heavy (non-hydrogen) atoms. The maximum atomic E-state index is 13.8. The predicted octanol–water partition coefficient (Wildman–Crippen LogP) is 4.45. The van der Waals surface area contributed by atoms with Gasteiger partial charge in [-0.15, -0.1) is 0 Å². The van der Waals surface area contributed by atoms with E-state index in [4.69, 9.17) is 17.3 Å². The smallest absolute Gasteiger partial charge is 0.197 e. The van der Waals surface area contributed by atoms with E-state index in [1.807, 2.05) is 0 Å². The summed E-state index contributed by atoms with van der Waals surface area (Å²) in [7, 11) is 0. The van der Waals surface area contributed by atoms with Crippen LogP contribution in [0.4, 0.5) is 10.1 Å². The van der Waals surface area contributed by atoms with Crippen LogP contribution in [0.15, 0.2) is 54.6 Å². The fraction of sp³-hybridized carbons (Fsp3) is 0. The highest BCUT2D eigenvalue weighted by molar-refractivity contribution is 6.36. The minimum atomic E-state index is -0.366. The Balaban J connectivity index is 2.26. The van der Waals surface area contributed by atoms with Crippen LogP contribution in [-0.4, -0.2) is 5.78 Å². The fourth-order valence-corrected chi connectivity index (χ4v) is 2.64. The second kappa shape index (κ2) is 5.19. The van der Waals surface area contributed by atoms with E-state index < -0.39 is 0 Å². The number of fused-ring (bicyclic) bond motifs is 1. The molecule has 0 aliphatic heterocycles. The Morgan fingerprint density at radius 2 is 1.67 bits per heavy atom. The third-order valence-corrected chi connectivity index (χ3v) is 3.70. The molecule has 0 heterocycles. The molecule has 0 radical (unpaired) electrons. The third-order valence-electron chi connectivity index (χ3n) is 3.39. The molecule has 104 valence electrons. The number of carbonyl (C=O) groups is 1. The highest BCUT2D eigenvalue weighted by Crippen LogP contribution is 2.29. The van der Waals surface area contributed by atoms with Crippen LogP contribution in [-0.2, 0) is 0 Å². The van der Waals surface area contributed by atoms with Gasteiger partial charge in [0.25, 0.3) is 0 Å². The molecule has 3 rings (SSSR count). The van der Waals surface area contributed by atoms with Crippen molar-refractivity contribution in [1.82, 2.24) is 0 Å². The minimum Gasteiger partial charge on any atom is -0.398 e. The van der Waals surface area contributed by atoms with Gasteiger partial charge in [-0.25, -0.2) is 4.39 Å². The van der Waals surface area contributed by atoms with Crippen LogP contribution in [0.2, 0.25) is 5.02 Å². The molecule has 0 aliphatic rings. The Labute approximate surface area is 126 Å². The van der Waals surface area contributed by atoms with E-state index in [1.165, 1.54) is 12.1 Å². The van der Waals surface area contributed by atoms with Crippen LogP contribution in [0, 0.1) is 5.82 Å². The van der Waals surface area contributed by atoms with Crippen molar-refractivity contribution in [1.29, 1.82) is 0 Å². The first-order valence-corrected chi connectivity index (χ1v) is 6.73. The maximum absolute atomic E-state index is 13.8. The first-order valence-electron chi connectivity index (χ1n) is 6.35. The van der Waals surface area contributed by atoms with E-state index in [-0.39, 0.29) is 22.2 Å². The molecule has 3 aromatic carbocycles. The van der Waals surface area contributed by atoms with Gasteiger partial charge in [0.05, 0.1) is 10.6 Å². The Bertz CT molecular complexity index is 840.